The molecule has 1 atom stereocenters. The van der Waals surface area contributed by atoms with Crippen LogP contribution < -0.4 is 5.32 Å². The van der Waals surface area contributed by atoms with Crippen molar-refractivity contribution in [3.05, 3.63) is 20.8 Å². The number of rotatable bonds is 3. The van der Waals surface area contributed by atoms with Crippen LogP contribution in [-0.4, -0.2) is 36.7 Å². The lowest BCUT2D eigenvalue weighted by molar-refractivity contribution is -0.0154. The van der Waals surface area contributed by atoms with E-state index in [2.05, 4.69) is 28.2 Å². The van der Waals surface area contributed by atoms with Crippen molar-refractivity contribution < 1.29 is 9.53 Å². The first-order valence-corrected chi connectivity index (χ1v) is 7.73. The van der Waals surface area contributed by atoms with Gasteiger partial charge in [0, 0.05) is 19.6 Å². The lowest BCUT2D eigenvalue weighted by Gasteiger charge is -2.32. The average Bonchev–Trinajstić information content (AvgIpc) is 2.82. The van der Waals surface area contributed by atoms with Crippen molar-refractivity contribution in [1.82, 2.24) is 10.2 Å². The molecule has 4 nitrogen and oxygen atoms in total. The zero-order chi connectivity index (χ0) is 13.0. The number of morpholine rings is 1. The molecule has 1 aliphatic rings. The second kappa shape index (κ2) is 6.54. The first-order chi connectivity index (χ1) is 8.69. The Bertz CT molecular complexity index is 411. The van der Waals surface area contributed by atoms with Gasteiger partial charge in [-0.25, -0.2) is 4.79 Å². The van der Waals surface area contributed by atoms with E-state index in [1.807, 2.05) is 16.3 Å². The number of nitrogens with one attached hydrogen (secondary N) is 1. The zero-order valence-electron chi connectivity index (χ0n) is 10.3. The number of carbonyl (C=O) groups excluding carboxylic acids is 1. The van der Waals surface area contributed by atoms with Gasteiger partial charge in [-0.3, -0.25) is 0 Å². The molecule has 1 aromatic heterocycles. The van der Waals surface area contributed by atoms with E-state index in [1.54, 1.807) is 11.3 Å². The van der Waals surface area contributed by atoms with E-state index in [9.17, 15) is 4.79 Å². The number of hydrogen-bond acceptors (Lipinski definition) is 3. The van der Waals surface area contributed by atoms with Crippen LogP contribution in [0.15, 0.2) is 15.2 Å². The lowest BCUT2D eigenvalue weighted by Crippen LogP contribution is -2.49. The summed E-state index contributed by atoms with van der Waals surface area (Å²) in [6.45, 7) is 4.66. The Morgan fingerprint density at radius 3 is 3.22 bits per heavy atom. The molecule has 1 aromatic rings. The van der Waals surface area contributed by atoms with Crippen molar-refractivity contribution in [2.75, 3.05) is 19.7 Å². The molecule has 100 valence electrons. The molecule has 0 saturated carbocycles. The predicted octanol–water partition coefficient (Wildman–Crippen LogP) is 2.83. The van der Waals surface area contributed by atoms with Gasteiger partial charge >= 0.3 is 6.03 Å². The SMILES string of the molecule is CC[C@H]1CN(C(=O)NCc2csc(Br)c2)CCO1. The first-order valence-electron chi connectivity index (χ1n) is 6.06. The Hall–Kier alpha value is -0.590. The molecule has 0 unspecified atom stereocenters. The summed E-state index contributed by atoms with van der Waals surface area (Å²) >= 11 is 5.04. The van der Waals surface area contributed by atoms with E-state index in [4.69, 9.17) is 4.74 Å². The summed E-state index contributed by atoms with van der Waals surface area (Å²) in [6, 6.07) is 2.03. The molecule has 2 amide bonds. The van der Waals surface area contributed by atoms with Crippen LogP contribution in [0.1, 0.15) is 18.9 Å². The number of ether oxygens (including phenoxy) is 1. The van der Waals surface area contributed by atoms with Crippen LogP contribution >= 0.6 is 27.3 Å². The lowest BCUT2D eigenvalue weighted by atomic mass is 10.2. The first kappa shape index (κ1) is 13.8. The smallest absolute Gasteiger partial charge is 0.317 e. The van der Waals surface area contributed by atoms with E-state index in [0.717, 1.165) is 15.8 Å². The highest BCUT2D eigenvalue weighted by Crippen LogP contribution is 2.20. The van der Waals surface area contributed by atoms with Crippen molar-refractivity contribution in [3.8, 4) is 0 Å². The third kappa shape index (κ3) is 3.70. The van der Waals surface area contributed by atoms with Crippen LogP contribution in [-0.2, 0) is 11.3 Å². The monoisotopic (exact) mass is 332 g/mol. The fourth-order valence-corrected chi connectivity index (χ4v) is 3.09. The third-order valence-electron chi connectivity index (χ3n) is 2.95. The van der Waals surface area contributed by atoms with Crippen LogP contribution in [0.4, 0.5) is 4.79 Å². The molecule has 2 heterocycles. The summed E-state index contributed by atoms with van der Waals surface area (Å²) in [5, 5.41) is 4.98. The standard InChI is InChI=1S/C12H17BrN2O2S/c1-2-10-7-15(3-4-17-10)12(16)14-6-9-5-11(13)18-8-9/h5,8,10H,2-4,6-7H2,1H3,(H,14,16)/t10-/m0/s1. The van der Waals surface area contributed by atoms with Gasteiger partial charge in [0.25, 0.3) is 0 Å². The highest BCUT2D eigenvalue weighted by atomic mass is 79.9. The van der Waals surface area contributed by atoms with Crippen molar-refractivity contribution in [2.24, 2.45) is 0 Å². The second-order valence-electron chi connectivity index (χ2n) is 4.26. The quantitative estimate of drug-likeness (QED) is 0.924. The molecular weight excluding hydrogens is 316 g/mol. The normalized spacial score (nSPS) is 19.9. The topological polar surface area (TPSA) is 41.6 Å². The summed E-state index contributed by atoms with van der Waals surface area (Å²) in [5.74, 6) is 0. The van der Waals surface area contributed by atoms with Gasteiger partial charge in [-0.05, 0) is 39.4 Å². The Labute approximate surface area is 119 Å². The van der Waals surface area contributed by atoms with E-state index in [0.29, 0.717) is 26.2 Å². The third-order valence-corrected chi connectivity index (χ3v) is 4.50. The molecule has 0 aromatic carbocycles. The molecule has 18 heavy (non-hydrogen) atoms. The van der Waals surface area contributed by atoms with Gasteiger partial charge in [0.05, 0.1) is 16.5 Å². The van der Waals surface area contributed by atoms with Gasteiger partial charge in [0.1, 0.15) is 0 Å². The minimum Gasteiger partial charge on any atom is -0.375 e. The van der Waals surface area contributed by atoms with Crippen LogP contribution in [0.25, 0.3) is 0 Å². The highest BCUT2D eigenvalue weighted by molar-refractivity contribution is 9.11. The van der Waals surface area contributed by atoms with Crippen molar-refractivity contribution in [2.45, 2.75) is 26.0 Å². The maximum atomic E-state index is 12.0. The molecule has 0 radical (unpaired) electrons. The molecule has 1 fully saturated rings. The molecule has 2 rings (SSSR count). The van der Waals surface area contributed by atoms with E-state index >= 15 is 0 Å². The van der Waals surface area contributed by atoms with Gasteiger partial charge in [0.15, 0.2) is 0 Å². The predicted molar refractivity (Wildman–Crippen MR) is 75.9 cm³/mol. The molecule has 0 aliphatic carbocycles. The largest absolute Gasteiger partial charge is 0.375 e. The average molecular weight is 333 g/mol. The number of thiophene rings is 1. The summed E-state index contributed by atoms with van der Waals surface area (Å²) in [4.78, 5) is 13.8. The number of carbonyl (C=O) groups is 1. The Kier molecular flexibility index (Phi) is 5.03. The van der Waals surface area contributed by atoms with Crippen LogP contribution in [0, 0.1) is 0 Å². The van der Waals surface area contributed by atoms with Gasteiger partial charge in [-0.2, -0.15) is 0 Å². The van der Waals surface area contributed by atoms with E-state index in [-0.39, 0.29) is 12.1 Å². The second-order valence-corrected chi connectivity index (χ2v) is 6.56. The minimum atomic E-state index is -0.000859. The number of amides is 2. The summed E-state index contributed by atoms with van der Waals surface area (Å²) in [6.07, 6.45) is 1.13. The Morgan fingerprint density at radius 2 is 2.56 bits per heavy atom. The van der Waals surface area contributed by atoms with Crippen molar-refractivity contribution >= 4 is 33.3 Å². The van der Waals surface area contributed by atoms with E-state index < -0.39 is 0 Å². The number of nitrogens with zero attached hydrogens (tertiary/aromatic N) is 1. The highest BCUT2D eigenvalue weighted by Gasteiger charge is 2.22. The number of hydrogen-bond donors (Lipinski definition) is 1. The summed E-state index contributed by atoms with van der Waals surface area (Å²) in [5.41, 5.74) is 1.13. The Balaban J connectivity index is 1.80. The number of halogens is 1. The maximum absolute atomic E-state index is 12.0. The zero-order valence-corrected chi connectivity index (χ0v) is 12.7. The summed E-state index contributed by atoms with van der Waals surface area (Å²) < 4.78 is 6.63. The fraction of sp³-hybridized carbons (Fsp3) is 0.583. The molecule has 6 heteroatoms. The molecule has 0 bridgehead atoms. The van der Waals surface area contributed by atoms with Crippen LogP contribution in [0.2, 0.25) is 0 Å². The molecule has 1 N–H and O–H groups in total. The molecule has 1 saturated heterocycles. The van der Waals surface area contributed by atoms with Gasteiger partial charge in [0.2, 0.25) is 0 Å². The van der Waals surface area contributed by atoms with Gasteiger partial charge < -0.3 is 15.0 Å². The number of urea groups is 1. The molecule has 0 spiro atoms. The molecular formula is C12H17BrN2O2S. The minimum absolute atomic E-state index is 0.000859. The van der Waals surface area contributed by atoms with Gasteiger partial charge in [-0.15, -0.1) is 11.3 Å². The molecule has 1 aliphatic heterocycles. The Morgan fingerprint density at radius 1 is 1.72 bits per heavy atom. The summed E-state index contributed by atoms with van der Waals surface area (Å²) in [7, 11) is 0. The maximum Gasteiger partial charge on any atom is 0.317 e. The van der Waals surface area contributed by atoms with Crippen molar-refractivity contribution in [3.63, 3.8) is 0 Å². The van der Waals surface area contributed by atoms with Crippen LogP contribution in [0.3, 0.4) is 0 Å². The van der Waals surface area contributed by atoms with Gasteiger partial charge in [-0.1, -0.05) is 6.92 Å². The van der Waals surface area contributed by atoms with Crippen LogP contribution in [0.5, 0.6) is 0 Å². The fourth-order valence-electron chi connectivity index (χ4n) is 1.88. The van der Waals surface area contributed by atoms with E-state index in [1.165, 1.54) is 0 Å². The van der Waals surface area contributed by atoms with Crippen molar-refractivity contribution in [1.29, 1.82) is 0 Å².